The van der Waals surface area contributed by atoms with E-state index in [2.05, 4.69) is 5.32 Å². The first-order valence-electron chi connectivity index (χ1n) is 6.23. The highest BCUT2D eigenvalue weighted by molar-refractivity contribution is 7.94. The smallest absolute Gasteiger partial charge is 0.248 e. The van der Waals surface area contributed by atoms with Crippen LogP contribution in [0.5, 0.6) is 0 Å². The molecule has 7 heteroatoms. The molecule has 19 heavy (non-hydrogen) atoms. The van der Waals surface area contributed by atoms with Gasteiger partial charge in [0.25, 0.3) is 0 Å². The van der Waals surface area contributed by atoms with Gasteiger partial charge in [-0.3, -0.25) is 9.59 Å². The molecule has 0 saturated carbocycles. The van der Waals surface area contributed by atoms with E-state index in [4.69, 9.17) is 0 Å². The lowest BCUT2D eigenvalue weighted by atomic mass is 9.94. The molecule has 2 amide bonds. The van der Waals surface area contributed by atoms with Gasteiger partial charge in [-0.25, -0.2) is 8.42 Å². The maximum absolute atomic E-state index is 12.4. The molecule has 0 spiro atoms. The van der Waals surface area contributed by atoms with Crippen LogP contribution in [0.15, 0.2) is 11.5 Å². The molecule has 0 aromatic rings. The van der Waals surface area contributed by atoms with Crippen molar-refractivity contribution < 1.29 is 18.0 Å². The van der Waals surface area contributed by atoms with Crippen LogP contribution in [0.1, 0.15) is 27.2 Å². The van der Waals surface area contributed by atoms with Gasteiger partial charge in [-0.1, -0.05) is 6.92 Å². The maximum Gasteiger partial charge on any atom is 0.248 e. The number of hydrogen-bond acceptors (Lipinski definition) is 4. The number of nitrogens with one attached hydrogen (secondary N) is 1. The minimum atomic E-state index is -3.26. The summed E-state index contributed by atoms with van der Waals surface area (Å²) in [5.41, 5.74) is -0.997. The fourth-order valence-electron chi connectivity index (χ4n) is 2.53. The molecule has 2 rings (SSSR count). The Labute approximate surface area is 112 Å². The molecule has 0 radical (unpaired) electrons. The monoisotopic (exact) mass is 286 g/mol. The summed E-state index contributed by atoms with van der Waals surface area (Å²) < 4.78 is 23.0. The van der Waals surface area contributed by atoms with E-state index in [1.54, 1.807) is 20.8 Å². The SMILES string of the molecule is CCC1C(=O)NC(C)(C)C(=O)N1C1C=CS(=O)(=O)C1. The van der Waals surface area contributed by atoms with Crippen LogP contribution in [-0.2, 0) is 19.4 Å². The molecule has 0 bridgehead atoms. The van der Waals surface area contributed by atoms with Crippen molar-refractivity contribution in [3.63, 3.8) is 0 Å². The standard InChI is InChI=1S/C12H18N2O4S/c1-4-9-10(15)13-12(2,3)11(16)14(9)8-5-6-19(17,18)7-8/h5-6,8-9H,4,7H2,1-3H3,(H,13,15). The largest absolute Gasteiger partial charge is 0.340 e. The average molecular weight is 286 g/mol. The summed E-state index contributed by atoms with van der Waals surface area (Å²) >= 11 is 0. The molecule has 2 atom stereocenters. The third-order valence-electron chi connectivity index (χ3n) is 3.50. The molecule has 2 unspecified atom stereocenters. The molecule has 2 aliphatic rings. The molecular formula is C12H18N2O4S. The van der Waals surface area contributed by atoms with Crippen molar-refractivity contribution in [2.45, 2.75) is 44.8 Å². The number of rotatable bonds is 2. The lowest BCUT2D eigenvalue weighted by Gasteiger charge is -2.44. The minimum Gasteiger partial charge on any atom is -0.340 e. The highest BCUT2D eigenvalue weighted by atomic mass is 32.2. The van der Waals surface area contributed by atoms with Crippen LogP contribution in [0.4, 0.5) is 0 Å². The predicted molar refractivity (Wildman–Crippen MR) is 69.9 cm³/mol. The highest BCUT2D eigenvalue weighted by Crippen LogP contribution is 2.26. The fraction of sp³-hybridized carbons (Fsp3) is 0.667. The Morgan fingerprint density at radius 1 is 1.42 bits per heavy atom. The second-order valence-electron chi connectivity index (χ2n) is 5.48. The van der Waals surface area contributed by atoms with Crippen molar-refractivity contribution in [2.75, 3.05) is 5.75 Å². The molecule has 106 valence electrons. The number of sulfone groups is 1. The molecule has 1 fully saturated rings. The number of carbonyl (C=O) groups is 2. The van der Waals surface area contributed by atoms with Gasteiger partial charge in [0.1, 0.15) is 11.6 Å². The van der Waals surface area contributed by atoms with E-state index in [9.17, 15) is 18.0 Å². The molecule has 0 aromatic carbocycles. The average Bonchev–Trinajstić information content (AvgIpc) is 2.62. The Morgan fingerprint density at radius 2 is 2.05 bits per heavy atom. The molecule has 6 nitrogen and oxygen atoms in total. The number of nitrogens with zero attached hydrogens (tertiary/aromatic N) is 1. The third kappa shape index (κ3) is 2.39. The zero-order chi connectivity index (χ0) is 14.4. The van der Waals surface area contributed by atoms with E-state index < -0.39 is 27.5 Å². The summed E-state index contributed by atoms with van der Waals surface area (Å²) in [6, 6.07) is -1.16. The van der Waals surface area contributed by atoms with E-state index in [-0.39, 0.29) is 17.6 Å². The number of carbonyl (C=O) groups excluding carboxylic acids is 2. The Kier molecular flexibility index (Phi) is 3.20. The molecule has 0 aromatic heterocycles. The summed E-state index contributed by atoms with van der Waals surface area (Å²) in [7, 11) is -3.26. The number of amides is 2. The van der Waals surface area contributed by atoms with Crippen LogP contribution in [0, 0.1) is 0 Å². The molecule has 1 N–H and O–H groups in total. The van der Waals surface area contributed by atoms with Gasteiger partial charge in [-0.05, 0) is 26.3 Å². The predicted octanol–water partition coefficient (Wildman–Crippen LogP) is -0.187. The first kappa shape index (κ1) is 14.0. The van der Waals surface area contributed by atoms with Crippen LogP contribution < -0.4 is 5.32 Å². The van der Waals surface area contributed by atoms with Crippen LogP contribution >= 0.6 is 0 Å². The Bertz CT molecular complexity index is 550. The van der Waals surface area contributed by atoms with E-state index in [1.807, 2.05) is 0 Å². The topological polar surface area (TPSA) is 83.6 Å². The van der Waals surface area contributed by atoms with Gasteiger partial charge in [0.05, 0.1) is 11.8 Å². The Hall–Kier alpha value is -1.37. The molecular weight excluding hydrogens is 268 g/mol. The second kappa shape index (κ2) is 4.33. The summed E-state index contributed by atoms with van der Waals surface area (Å²) in [5, 5.41) is 3.80. The van der Waals surface area contributed by atoms with Gasteiger partial charge in [0.15, 0.2) is 9.84 Å². The first-order chi connectivity index (χ1) is 8.68. The second-order valence-corrected chi connectivity index (χ2v) is 7.41. The lowest BCUT2D eigenvalue weighted by Crippen LogP contribution is -2.70. The molecule has 0 aliphatic carbocycles. The summed E-state index contributed by atoms with van der Waals surface area (Å²) in [6.07, 6.45) is 1.95. The molecule has 2 aliphatic heterocycles. The van der Waals surface area contributed by atoms with E-state index in [0.29, 0.717) is 6.42 Å². The zero-order valence-electron chi connectivity index (χ0n) is 11.2. The Morgan fingerprint density at radius 3 is 2.53 bits per heavy atom. The van der Waals surface area contributed by atoms with E-state index in [1.165, 1.54) is 11.0 Å². The van der Waals surface area contributed by atoms with Crippen molar-refractivity contribution in [3.8, 4) is 0 Å². The van der Waals surface area contributed by atoms with Gasteiger partial charge in [0.2, 0.25) is 11.8 Å². The van der Waals surface area contributed by atoms with Gasteiger partial charge in [0, 0.05) is 5.41 Å². The third-order valence-corrected chi connectivity index (χ3v) is 4.88. The van der Waals surface area contributed by atoms with E-state index in [0.717, 1.165) is 5.41 Å². The van der Waals surface area contributed by atoms with E-state index >= 15 is 0 Å². The van der Waals surface area contributed by atoms with Gasteiger partial charge >= 0.3 is 0 Å². The maximum atomic E-state index is 12.4. The first-order valence-corrected chi connectivity index (χ1v) is 7.95. The summed E-state index contributed by atoms with van der Waals surface area (Å²) in [5.74, 6) is -0.617. The quantitative estimate of drug-likeness (QED) is 0.763. The molecule has 1 saturated heterocycles. The molecule has 2 heterocycles. The van der Waals surface area contributed by atoms with Gasteiger partial charge < -0.3 is 10.2 Å². The van der Waals surface area contributed by atoms with Crippen LogP contribution in [-0.4, -0.2) is 48.5 Å². The van der Waals surface area contributed by atoms with Crippen molar-refractivity contribution in [1.29, 1.82) is 0 Å². The Balaban J connectivity index is 2.37. The number of hydrogen-bond donors (Lipinski definition) is 1. The van der Waals surface area contributed by atoms with Gasteiger partial charge in [-0.2, -0.15) is 0 Å². The van der Waals surface area contributed by atoms with Crippen molar-refractivity contribution in [1.82, 2.24) is 10.2 Å². The van der Waals surface area contributed by atoms with Crippen LogP contribution in [0.25, 0.3) is 0 Å². The number of piperazine rings is 1. The lowest BCUT2D eigenvalue weighted by molar-refractivity contribution is -0.154. The summed E-state index contributed by atoms with van der Waals surface area (Å²) in [6.45, 7) is 5.05. The normalized spacial score (nSPS) is 32.5. The summed E-state index contributed by atoms with van der Waals surface area (Å²) in [4.78, 5) is 25.9. The fourth-order valence-corrected chi connectivity index (χ4v) is 3.81. The van der Waals surface area contributed by atoms with Crippen LogP contribution in [0.3, 0.4) is 0 Å². The minimum absolute atomic E-state index is 0.140. The van der Waals surface area contributed by atoms with Crippen molar-refractivity contribution in [3.05, 3.63) is 11.5 Å². The van der Waals surface area contributed by atoms with Gasteiger partial charge in [-0.15, -0.1) is 0 Å². The van der Waals surface area contributed by atoms with Crippen molar-refractivity contribution in [2.24, 2.45) is 0 Å². The van der Waals surface area contributed by atoms with Crippen molar-refractivity contribution >= 4 is 21.7 Å². The van der Waals surface area contributed by atoms with Crippen LogP contribution in [0.2, 0.25) is 0 Å². The zero-order valence-corrected chi connectivity index (χ0v) is 12.0. The highest BCUT2D eigenvalue weighted by Gasteiger charge is 2.48.